The number of hydrogen-bond donors (Lipinski definition) is 2. The molecule has 0 bridgehead atoms. The van der Waals surface area contributed by atoms with Crippen molar-refractivity contribution in [1.82, 2.24) is 4.90 Å². The van der Waals surface area contributed by atoms with Crippen LogP contribution in [0.5, 0.6) is 0 Å². The smallest absolute Gasteiger partial charge is 0.0964 e. The number of likely N-dealkylation sites (tertiary alicyclic amines) is 1. The number of piperidine rings is 1. The average molecular weight is 293 g/mol. The number of ether oxygens (including phenoxy) is 1. The van der Waals surface area contributed by atoms with Crippen LogP contribution < -0.4 is 0 Å². The second kappa shape index (κ2) is 8.49. The number of benzene rings is 1. The Morgan fingerprint density at radius 3 is 2.67 bits per heavy atom. The van der Waals surface area contributed by atoms with E-state index >= 15 is 0 Å². The summed E-state index contributed by atoms with van der Waals surface area (Å²) in [5.41, 5.74) is 1.25. The molecule has 0 unspecified atom stereocenters. The number of unbranched alkanes of at least 4 members (excludes halogenated alkanes) is 1. The maximum atomic E-state index is 10.3. The van der Waals surface area contributed by atoms with Crippen molar-refractivity contribution in [3.8, 4) is 0 Å². The topological polar surface area (TPSA) is 52.9 Å². The van der Waals surface area contributed by atoms with E-state index in [1.807, 2.05) is 18.2 Å². The van der Waals surface area contributed by atoms with E-state index < -0.39 is 6.10 Å². The van der Waals surface area contributed by atoms with Crippen molar-refractivity contribution in [2.75, 3.05) is 26.3 Å². The van der Waals surface area contributed by atoms with Crippen molar-refractivity contribution >= 4 is 0 Å². The Hall–Kier alpha value is -0.940. The van der Waals surface area contributed by atoms with Gasteiger partial charge in [0.15, 0.2) is 0 Å². The Balaban J connectivity index is 1.95. The van der Waals surface area contributed by atoms with Gasteiger partial charge in [0.05, 0.1) is 12.2 Å². The third-order valence-electron chi connectivity index (χ3n) is 4.11. The highest BCUT2D eigenvalue weighted by molar-refractivity contribution is 5.14. The summed E-state index contributed by atoms with van der Waals surface area (Å²) in [6.45, 7) is 5.06. The van der Waals surface area contributed by atoms with E-state index in [2.05, 4.69) is 24.0 Å². The summed E-state index contributed by atoms with van der Waals surface area (Å²) in [5, 5.41) is 19.8. The molecule has 1 aliphatic heterocycles. The first-order valence-electron chi connectivity index (χ1n) is 7.91. The molecule has 21 heavy (non-hydrogen) atoms. The summed E-state index contributed by atoms with van der Waals surface area (Å²) in [7, 11) is 0. The maximum absolute atomic E-state index is 10.3. The maximum Gasteiger partial charge on any atom is 0.0964 e. The van der Waals surface area contributed by atoms with Crippen molar-refractivity contribution < 1.29 is 14.9 Å². The Labute approximate surface area is 127 Å². The molecule has 0 radical (unpaired) electrons. The first-order valence-corrected chi connectivity index (χ1v) is 7.91. The fourth-order valence-corrected chi connectivity index (χ4v) is 2.85. The molecule has 4 nitrogen and oxygen atoms in total. The number of aliphatic hydroxyl groups is 2. The molecule has 0 aliphatic carbocycles. The van der Waals surface area contributed by atoms with Gasteiger partial charge in [-0.2, -0.15) is 0 Å². The number of aliphatic hydroxyl groups excluding tert-OH is 2. The van der Waals surface area contributed by atoms with Crippen LogP contribution in [0.15, 0.2) is 30.3 Å². The zero-order valence-electron chi connectivity index (χ0n) is 12.8. The summed E-state index contributed by atoms with van der Waals surface area (Å²) >= 11 is 0. The number of rotatable bonds is 7. The van der Waals surface area contributed by atoms with E-state index in [1.54, 1.807) is 0 Å². The van der Waals surface area contributed by atoms with Crippen LogP contribution in [0.1, 0.15) is 25.3 Å². The van der Waals surface area contributed by atoms with Gasteiger partial charge >= 0.3 is 0 Å². The van der Waals surface area contributed by atoms with Crippen LogP contribution in [-0.2, 0) is 11.3 Å². The fraction of sp³-hybridized carbons (Fsp3) is 0.647. The third-order valence-corrected chi connectivity index (χ3v) is 4.11. The Morgan fingerprint density at radius 1 is 1.24 bits per heavy atom. The molecular formula is C17H27NO3. The zero-order chi connectivity index (χ0) is 15.1. The SMILES string of the molecule is CCCCO[C@@H]1CN(Cc2ccccc2)C[C@H](CO)[C@H]1O. The van der Waals surface area contributed by atoms with Crippen LogP contribution in [0.2, 0.25) is 0 Å². The molecule has 1 heterocycles. The number of nitrogens with zero attached hydrogens (tertiary/aromatic N) is 1. The molecule has 1 fully saturated rings. The van der Waals surface area contributed by atoms with Gasteiger partial charge < -0.3 is 14.9 Å². The number of hydrogen-bond acceptors (Lipinski definition) is 4. The van der Waals surface area contributed by atoms with E-state index in [4.69, 9.17) is 4.74 Å². The molecule has 2 rings (SSSR count). The minimum atomic E-state index is -0.570. The van der Waals surface area contributed by atoms with Crippen molar-refractivity contribution in [3.05, 3.63) is 35.9 Å². The molecule has 1 saturated heterocycles. The van der Waals surface area contributed by atoms with Gasteiger partial charge in [-0.1, -0.05) is 43.7 Å². The van der Waals surface area contributed by atoms with Gasteiger partial charge in [-0.25, -0.2) is 0 Å². The molecule has 0 spiro atoms. The molecule has 4 heteroatoms. The lowest BCUT2D eigenvalue weighted by atomic mass is 9.92. The molecule has 0 aromatic heterocycles. The van der Waals surface area contributed by atoms with Crippen molar-refractivity contribution in [3.63, 3.8) is 0 Å². The molecule has 1 aromatic rings. The van der Waals surface area contributed by atoms with Crippen molar-refractivity contribution in [1.29, 1.82) is 0 Å². The van der Waals surface area contributed by atoms with Crippen LogP contribution in [0.3, 0.4) is 0 Å². The van der Waals surface area contributed by atoms with Crippen LogP contribution in [0.25, 0.3) is 0 Å². The highest BCUT2D eigenvalue weighted by Gasteiger charge is 2.35. The zero-order valence-corrected chi connectivity index (χ0v) is 12.8. The van der Waals surface area contributed by atoms with Gasteiger partial charge in [-0.15, -0.1) is 0 Å². The van der Waals surface area contributed by atoms with Gasteiger partial charge in [0, 0.05) is 38.8 Å². The summed E-state index contributed by atoms with van der Waals surface area (Å²) in [4.78, 5) is 2.26. The van der Waals surface area contributed by atoms with Crippen LogP contribution in [-0.4, -0.2) is 53.6 Å². The highest BCUT2D eigenvalue weighted by Crippen LogP contribution is 2.22. The first-order chi connectivity index (χ1) is 10.2. The quantitative estimate of drug-likeness (QED) is 0.751. The monoisotopic (exact) mass is 293 g/mol. The fourth-order valence-electron chi connectivity index (χ4n) is 2.85. The summed E-state index contributed by atoms with van der Waals surface area (Å²) in [5.74, 6) is -0.130. The van der Waals surface area contributed by atoms with Crippen molar-refractivity contribution in [2.45, 2.75) is 38.5 Å². The molecule has 1 aromatic carbocycles. The van der Waals surface area contributed by atoms with Gasteiger partial charge in [0.2, 0.25) is 0 Å². The molecule has 2 N–H and O–H groups in total. The van der Waals surface area contributed by atoms with E-state index in [9.17, 15) is 10.2 Å². The molecule has 1 aliphatic rings. The normalized spacial score (nSPS) is 26.9. The predicted molar refractivity (Wildman–Crippen MR) is 82.9 cm³/mol. The van der Waals surface area contributed by atoms with Crippen LogP contribution in [0.4, 0.5) is 0 Å². The minimum absolute atomic E-state index is 0.0000934. The predicted octanol–water partition coefficient (Wildman–Crippen LogP) is 1.66. The lowest BCUT2D eigenvalue weighted by Gasteiger charge is -2.40. The Bertz CT molecular complexity index is 398. The largest absolute Gasteiger partial charge is 0.396 e. The van der Waals surface area contributed by atoms with Gasteiger partial charge in [-0.05, 0) is 12.0 Å². The van der Waals surface area contributed by atoms with Crippen LogP contribution in [0, 0.1) is 5.92 Å². The van der Waals surface area contributed by atoms with Crippen molar-refractivity contribution in [2.24, 2.45) is 5.92 Å². The molecule has 118 valence electrons. The summed E-state index contributed by atoms with van der Waals surface area (Å²) < 4.78 is 5.83. The second-order valence-corrected chi connectivity index (χ2v) is 5.88. The van der Waals surface area contributed by atoms with E-state index in [1.165, 1.54) is 5.56 Å². The second-order valence-electron chi connectivity index (χ2n) is 5.88. The van der Waals surface area contributed by atoms with Gasteiger partial charge in [0.25, 0.3) is 0 Å². The third kappa shape index (κ3) is 4.78. The van der Waals surface area contributed by atoms with Crippen LogP contribution >= 0.6 is 0 Å². The van der Waals surface area contributed by atoms with E-state index in [0.717, 1.165) is 25.9 Å². The lowest BCUT2D eigenvalue weighted by Crippen LogP contribution is -2.54. The molecule has 0 saturated carbocycles. The molecule has 3 atom stereocenters. The summed E-state index contributed by atoms with van der Waals surface area (Å²) in [6.07, 6.45) is 1.32. The standard InChI is InChI=1S/C17H27NO3/c1-2-3-9-21-16-12-18(11-15(13-19)17(16)20)10-14-7-5-4-6-8-14/h4-8,15-17,19-20H,2-3,9-13H2,1H3/t15-,16-,17-/m1/s1. The van der Waals surface area contributed by atoms with Gasteiger partial charge in [0.1, 0.15) is 0 Å². The Kier molecular flexibility index (Phi) is 6.64. The highest BCUT2D eigenvalue weighted by atomic mass is 16.5. The van der Waals surface area contributed by atoms with Gasteiger partial charge in [-0.3, -0.25) is 4.90 Å². The Morgan fingerprint density at radius 2 is 2.00 bits per heavy atom. The minimum Gasteiger partial charge on any atom is -0.396 e. The van der Waals surface area contributed by atoms with E-state index in [-0.39, 0.29) is 18.6 Å². The molecule has 0 amide bonds. The first kappa shape index (κ1) is 16.4. The average Bonchev–Trinajstić information content (AvgIpc) is 2.51. The molecular weight excluding hydrogens is 266 g/mol. The van der Waals surface area contributed by atoms with E-state index in [0.29, 0.717) is 13.2 Å². The lowest BCUT2D eigenvalue weighted by molar-refractivity contribution is -0.117. The summed E-state index contributed by atoms with van der Waals surface area (Å²) in [6, 6.07) is 10.3.